The summed E-state index contributed by atoms with van der Waals surface area (Å²) in [6.45, 7) is 4.52. The molecule has 1 atom stereocenters. The summed E-state index contributed by atoms with van der Waals surface area (Å²) in [6.07, 6.45) is 6.79. The topological polar surface area (TPSA) is 83.4 Å². The van der Waals surface area contributed by atoms with E-state index in [9.17, 15) is 9.59 Å². The Labute approximate surface area is 157 Å². The molecule has 0 aliphatic carbocycles. The number of H-pyrrole nitrogens is 1. The Kier molecular flexibility index (Phi) is 4.51. The van der Waals surface area contributed by atoms with E-state index in [0.29, 0.717) is 29.7 Å². The van der Waals surface area contributed by atoms with Gasteiger partial charge in [-0.15, -0.1) is 0 Å². The number of nitrogens with one attached hydrogen (secondary N) is 1. The molecule has 1 fully saturated rings. The minimum absolute atomic E-state index is 0.00788. The average molecular weight is 365 g/mol. The maximum atomic E-state index is 13.0. The third-order valence-corrected chi connectivity index (χ3v) is 5.34. The Morgan fingerprint density at radius 3 is 2.81 bits per heavy atom. The lowest BCUT2D eigenvalue weighted by atomic mass is 9.98. The quantitative estimate of drug-likeness (QED) is 0.773. The van der Waals surface area contributed by atoms with Crippen molar-refractivity contribution in [2.45, 2.75) is 45.6 Å². The van der Waals surface area contributed by atoms with Gasteiger partial charge in [0.25, 0.3) is 11.5 Å². The molecule has 4 rings (SSSR count). The van der Waals surface area contributed by atoms with Crippen molar-refractivity contribution < 1.29 is 4.79 Å². The molecule has 27 heavy (non-hydrogen) atoms. The SMILES string of the molecule is CCc1c(C)nc2cc(C3CCCCN3C(=O)c3ccncc3)[nH]n2c1=O. The largest absolute Gasteiger partial charge is 0.330 e. The number of pyridine rings is 1. The van der Waals surface area contributed by atoms with Crippen molar-refractivity contribution in [3.05, 3.63) is 63.5 Å². The number of hydrogen-bond acceptors (Lipinski definition) is 4. The number of rotatable bonds is 3. The molecule has 1 unspecified atom stereocenters. The molecule has 1 saturated heterocycles. The van der Waals surface area contributed by atoms with E-state index < -0.39 is 0 Å². The third-order valence-electron chi connectivity index (χ3n) is 5.34. The Balaban J connectivity index is 1.75. The normalized spacial score (nSPS) is 17.4. The van der Waals surface area contributed by atoms with Crippen LogP contribution in [0.4, 0.5) is 0 Å². The molecule has 0 bridgehead atoms. The zero-order valence-corrected chi connectivity index (χ0v) is 15.6. The molecule has 1 N–H and O–H groups in total. The fraction of sp³-hybridized carbons (Fsp3) is 0.400. The second kappa shape index (κ2) is 6.98. The number of carbonyl (C=O) groups excluding carboxylic acids is 1. The van der Waals surface area contributed by atoms with Gasteiger partial charge >= 0.3 is 0 Å². The van der Waals surface area contributed by atoms with Gasteiger partial charge in [0.15, 0.2) is 5.65 Å². The minimum atomic E-state index is -0.0918. The summed E-state index contributed by atoms with van der Waals surface area (Å²) in [5.74, 6) is -0.00788. The molecule has 4 heterocycles. The second-order valence-electron chi connectivity index (χ2n) is 6.99. The zero-order valence-electron chi connectivity index (χ0n) is 15.6. The van der Waals surface area contributed by atoms with Crippen LogP contribution in [0.25, 0.3) is 5.65 Å². The van der Waals surface area contributed by atoms with Crippen LogP contribution < -0.4 is 5.56 Å². The van der Waals surface area contributed by atoms with Crippen molar-refractivity contribution >= 4 is 11.6 Å². The highest BCUT2D eigenvalue weighted by Crippen LogP contribution is 2.31. The predicted octanol–water partition coefficient (Wildman–Crippen LogP) is 2.66. The Hall–Kier alpha value is -2.96. The number of aromatic nitrogens is 4. The van der Waals surface area contributed by atoms with Crippen molar-refractivity contribution in [3.63, 3.8) is 0 Å². The van der Waals surface area contributed by atoms with Crippen LogP contribution in [0.3, 0.4) is 0 Å². The molecule has 0 aromatic carbocycles. The van der Waals surface area contributed by atoms with E-state index in [-0.39, 0.29) is 17.5 Å². The first-order valence-electron chi connectivity index (χ1n) is 9.42. The first-order valence-corrected chi connectivity index (χ1v) is 9.42. The monoisotopic (exact) mass is 365 g/mol. The van der Waals surface area contributed by atoms with E-state index in [4.69, 9.17) is 0 Å². The van der Waals surface area contributed by atoms with Crippen LogP contribution in [-0.2, 0) is 6.42 Å². The van der Waals surface area contributed by atoms with Gasteiger partial charge in [0, 0.05) is 41.8 Å². The van der Waals surface area contributed by atoms with Gasteiger partial charge in [-0.2, -0.15) is 0 Å². The summed E-state index contributed by atoms with van der Waals surface area (Å²) < 4.78 is 1.50. The molecule has 0 radical (unpaired) electrons. The van der Waals surface area contributed by atoms with Crippen LogP contribution >= 0.6 is 0 Å². The van der Waals surface area contributed by atoms with Gasteiger partial charge in [-0.05, 0) is 44.7 Å². The number of likely N-dealkylation sites (tertiary alicyclic amines) is 1. The lowest BCUT2D eigenvalue weighted by molar-refractivity contribution is 0.0605. The van der Waals surface area contributed by atoms with Crippen molar-refractivity contribution in [2.75, 3.05) is 6.54 Å². The Morgan fingerprint density at radius 2 is 2.07 bits per heavy atom. The predicted molar refractivity (Wildman–Crippen MR) is 102 cm³/mol. The van der Waals surface area contributed by atoms with Crippen LogP contribution in [0.1, 0.15) is 59.5 Å². The van der Waals surface area contributed by atoms with Crippen LogP contribution in [0.5, 0.6) is 0 Å². The van der Waals surface area contributed by atoms with Crippen LogP contribution in [0.2, 0.25) is 0 Å². The standard InChI is InChI=1S/C20H23N5O2/c1-3-15-13(2)22-18-12-16(23-25(18)20(15)27)17-6-4-5-11-24(17)19(26)14-7-9-21-10-8-14/h7-10,12,17,23H,3-6,11H2,1-2H3. The summed E-state index contributed by atoms with van der Waals surface area (Å²) in [7, 11) is 0. The number of amides is 1. The van der Waals surface area contributed by atoms with Crippen molar-refractivity contribution in [1.29, 1.82) is 0 Å². The summed E-state index contributed by atoms with van der Waals surface area (Å²) in [4.78, 5) is 36.2. The molecule has 0 spiro atoms. The molecule has 7 nitrogen and oxygen atoms in total. The first kappa shape index (κ1) is 17.5. The highest BCUT2D eigenvalue weighted by atomic mass is 16.2. The maximum absolute atomic E-state index is 13.0. The van der Waals surface area contributed by atoms with E-state index in [2.05, 4.69) is 15.1 Å². The summed E-state index contributed by atoms with van der Waals surface area (Å²) >= 11 is 0. The molecular weight excluding hydrogens is 342 g/mol. The fourth-order valence-electron chi connectivity index (χ4n) is 3.92. The first-order chi connectivity index (χ1) is 13.1. The van der Waals surface area contributed by atoms with Gasteiger partial charge in [-0.3, -0.25) is 19.7 Å². The molecular formula is C20H23N5O2. The Morgan fingerprint density at radius 1 is 1.30 bits per heavy atom. The molecule has 1 amide bonds. The average Bonchev–Trinajstić information content (AvgIpc) is 3.12. The minimum Gasteiger partial charge on any atom is -0.330 e. The summed E-state index contributed by atoms with van der Waals surface area (Å²) in [5.41, 5.74) is 3.51. The lowest BCUT2D eigenvalue weighted by Crippen LogP contribution is -2.38. The van der Waals surface area contributed by atoms with E-state index in [1.165, 1.54) is 4.52 Å². The second-order valence-corrected chi connectivity index (χ2v) is 6.99. The van der Waals surface area contributed by atoms with Crippen molar-refractivity contribution in [2.24, 2.45) is 0 Å². The molecule has 140 valence electrons. The maximum Gasteiger partial charge on any atom is 0.276 e. The van der Waals surface area contributed by atoms with Crippen LogP contribution in [-0.4, -0.2) is 36.9 Å². The number of hydrogen-bond donors (Lipinski definition) is 1. The summed E-state index contributed by atoms with van der Waals surface area (Å²) in [5, 5.41) is 3.21. The third kappa shape index (κ3) is 3.03. The highest BCUT2D eigenvalue weighted by Gasteiger charge is 2.30. The molecule has 3 aromatic heterocycles. The molecule has 3 aromatic rings. The smallest absolute Gasteiger partial charge is 0.276 e. The van der Waals surface area contributed by atoms with E-state index in [1.54, 1.807) is 24.5 Å². The summed E-state index contributed by atoms with van der Waals surface area (Å²) in [6, 6.07) is 5.28. The van der Waals surface area contributed by atoms with Gasteiger partial charge in [-0.1, -0.05) is 6.92 Å². The van der Waals surface area contributed by atoms with Crippen molar-refractivity contribution in [1.82, 2.24) is 24.5 Å². The molecule has 0 saturated carbocycles. The number of carbonyl (C=O) groups is 1. The Bertz CT molecular complexity index is 1040. The molecule has 1 aliphatic heterocycles. The van der Waals surface area contributed by atoms with Gasteiger partial charge in [0.2, 0.25) is 0 Å². The van der Waals surface area contributed by atoms with Gasteiger partial charge in [0.05, 0.1) is 11.7 Å². The van der Waals surface area contributed by atoms with Gasteiger partial charge < -0.3 is 4.90 Å². The number of aryl methyl sites for hydroxylation is 1. The number of aromatic amines is 1. The molecule has 1 aliphatic rings. The van der Waals surface area contributed by atoms with Gasteiger partial charge in [-0.25, -0.2) is 9.50 Å². The lowest BCUT2D eigenvalue weighted by Gasteiger charge is -2.35. The van der Waals surface area contributed by atoms with E-state index in [0.717, 1.165) is 30.7 Å². The number of piperidine rings is 1. The van der Waals surface area contributed by atoms with Crippen LogP contribution in [0, 0.1) is 6.92 Å². The van der Waals surface area contributed by atoms with Crippen LogP contribution in [0.15, 0.2) is 35.4 Å². The highest BCUT2D eigenvalue weighted by molar-refractivity contribution is 5.94. The number of fused-ring (bicyclic) bond motifs is 1. The van der Waals surface area contributed by atoms with E-state index >= 15 is 0 Å². The molecule has 7 heteroatoms. The van der Waals surface area contributed by atoms with E-state index in [1.807, 2.05) is 24.8 Å². The van der Waals surface area contributed by atoms with Crippen molar-refractivity contribution in [3.8, 4) is 0 Å². The number of nitrogens with zero attached hydrogens (tertiary/aromatic N) is 4. The zero-order chi connectivity index (χ0) is 19.0. The van der Waals surface area contributed by atoms with Gasteiger partial charge in [0.1, 0.15) is 0 Å². The fourth-order valence-corrected chi connectivity index (χ4v) is 3.92.